The number of rotatable bonds is 6. The van der Waals surface area contributed by atoms with Gasteiger partial charge in [0.25, 0.3) is 5.91 Å². The Morgan fingerprint density at radius 3 is 2.80 bits per heavy atom. The number of carbonyl (C=O) groups is 2. The molecule has 0 aliphatic rings. The molecular weight excluding hydrogens is 320 g/mol. The number of carbonyl (C=O) groups excluding carboxylic acids is 2. The van der Waals surface area contributed by atoms with Crippen LogP contribution in [0, 0.1) is 6.92 Å². The second kappa shape index (κ2) is 7.31. The molecule has 0 aliphatic heterocycles. The van der Waals surface area contributed by atoms with Gasteiger partial charge in [0, 0.05) is 29.3 Å². The van der Waals surface area contributed by atoms with Gasteiger partial charge in [-0.2, -0.15) is 0 Å². The van der Waals surface area contributed by atoms with Gasteiger partial charge >= 0.3 is 0 Å². The molecule has 7 heteroatoms. The van der Waals surface area contributed by atoms with Crippen molar-refractivity contribution in [2.45, 2.75) is 26.2 Å². The maximum Gasteiger partial charge on any atom is 0.269 e. The van der Waals surface area contributed by atoms with E-state index in [2.05, 4.69) is 15.3 Å². The molecule has 130 valence electrons. The van der Waals surface area contributed by atoms with E-state index in [1.54, 1.807) is 11.5 Å². The van der Waals surface area contributed by atoms with E-state index >= 15 is 0 Å². The first-order valence-corrected chi connectivity index (χ1v) is 8.19. The second-order valence-electron chi connectivity index (χ2n) is 5.93. The minimum absolute atomic E-state index is 0.227. The fraction of sp³-hybridized carbons (Fsp3) is 0.278. The van der Waals surface area contributed by atoms with Crippen LogP contribution in [0.25, 0.3) is 21.8 Å². The van der Waals surface area contributed by atoms with Gasteiger partial charge in [-0.15, -0.1) is 0 Å². The van der Waals surface area contributed by atoms with Crippen LogP contribution in [0.1, 0.15) is 35.4 Å². The number of hydroxylamine groups is 1. The minimum Gasteiger partial charge on any atom is -0.353 e. The minimum atomic E-state index is -0.423. The Hall–Kier alpha value is -2.93. The molecule has 2 heterocycles. The third kappa shape index (κ3) is 3.61. The maximum absolute atomic E-state index is 12.3. The number of para-hydroxylation sites is 1. The van der Waals surface area contributed by atoms with Crippen molar-refractivity contribution in [3.05, 3.63) is 41.7 Å². The van der Waals surface area contributed by atoms with E-state index in [4.69, 9.17) is 5.21 Å². The zero-order valence-corrected chi connectivity index (χ0v) is 13.9. The Balaban J connectivity index is 1.71. The van der Waals surface area contributed by atoms with Crippen LogP contribution in [0.5, 0.6) is 0 Å². The van der Waals surface area contributed by atoms with Crippen molar-refractivity contribution in [1.82, 2.24) is 20.8 Å². The molecule has 2 aromatic heterocycles. The van der Waals surface area contributed by atoms with Gasteiger partial charge in [-0.25, -0.2) is 10.5 Å². The zero-order chi connectivity index (χ0) is 17.8. The number of aromatic amines is 1. The highest BCUT2D eigenvalue weighted by Gasteiger charge is 2.13. The number of aryl methyl sites for hydroxylation is 1. The van der Waals surface area contributed by atoms with Crippen LogP contribution in [0.15, 0.2) is 30.3 Å². The van der Waals surface area contributed by atoms with Gasteiger partial charge in [0.1, 0.15) is 5.69 Å². The second-order valence-corrected chi connectivity index (χ2v) is 5.93. The SMILES string of the molecule is Cc1nc(C(=O)NCCCCC(=O)NO)cc2c1[nH]c1ccccc12. The summed E-state index contributed by atoms with van der Waals surface area (Å²) >= 11 is 0. The van der Waals surface area contributed by atoms with E-state index in [1.165, 1.54) is 0 Å². The molecule has 0 bridgehead atoms. The number of hydrogen-bond acceptors (Lipinski definition) is 4. The molecule has 3 aromatic rings. The Labute approximate surface area is 144 Å². The van der Waals surface area contributed by atoms with Crippen molar-refractivity contribution in [2.75, 3.05) is 6.54 Å². The summed E-state index contributed by atoms with van der Waals surface area (Å²) in [6.07, 6.45) is 1.46. The van der Waals surface area contributed by atoms with Crippen LogP contribution in [0.4, 0.5) is 0 Å². The highest BCUT2D eigenvalue weighted by molar-refractivity contribution is 6.10. The molecule has 0 unspecified atom stereocenters. The van der Waals surface area contributed by atoms with E-state index in [9.17, 15) is 9.59 Å². The van der Waals surface area contributed by atoms with Crippen LogP contribution >= 0.6 is 0 Å². The van der Waals surface area contributed by atoms with Gasteiger partial charge < -0.3 is 10.3 Å². The average Bonchev–Trinajstić information content (AvgIpc) is 3.00. The number of H-pyrrole nitrogens is 1. The fourth-order valence-electron chi connectivity index (χ4n) is 2.88. The first-order valence-electron chi connectivity index (χ1n) is 8.19. The molecule has 0 fully saturated rings. The molecule has 0 spiro atoms. The lowest BCUT2D eigenvalue weighted by Gasteiger charge is -2.06. The molecule has 25 heavy (non-hydrogen) atoms. The monoisotopic (exact) mass is 340 g/mol. The van der Waals surface area contributed by atoms with Gasteiger partial charge in [0.05, 0.1) is 11.2 Å². The van der Waals surface area contributed by atoms with Gasteiger partial charge in [-0.05, 0) is 31.9 Å². The summed E-state index contributed by atoms with van der Waals surface area (Å²) in [4.78, 5) is 31.0. The quantitative estimate of drug-likeness (QED) is 0.314. The van der Waals surface area contributed by atoms with E-state index in [-0.39, 0.29) is 12.3 Å². The summed E-state index contributed by atoms with van der Waals surface area (Å²) in [5, 5.41) is 13.3. The molecule has 0 aliphatic carbocycles. The highest BCUT2D eigenvalue weighted by Crippen LogP contribution is 2.27. The molecule has 0 saturated carbocycles. The first-order chi connectivity index (χ1) is 12.1. The summed E-state index contributed by atoms with van der Waals surface area (Å²) < 4.78 is 0. The topological polar surface area (TPSA) is 107 Å². The standard InChI is InChI=1S/C18H20N4O3/c1-11-17-13(12-6-2-3-7-14(12)21-17)10-15(20-11)18(24)19-9-5-4-8-16(23)22-25/h2-3,6-7,10,21,25H,4-5,8-9H2,1H3,(H,19,24)(H,22,23). The van der Waals surface area contributed by atoms with Crippen LogP contribution in [0.3, 0.4) is 0 Å². The summed E-state index contributed by atoms with van der Waals surface area (Å²) in [7, 11) is 0. The number of unbranched alkanes of at least 4 members (excludes halogenated alkanes) is 1. The lowest BCUT2D eigenvalue weighted by molar-refractivity contribution is -0.129. The van der Waals surface area contributed by atoms with Gasteiger partial charge in [-0.1, -0.05) is 18.2 Å². The van der Waals surface area contributed by atoms with Crippen molar-refractivity contribution in [3.63, 3.8) is 0 Å². The summed E-state index contributed by atoms with van der Waals surface area (Å²) in [6, 6.07) is 9.74. The number of amides is 2. The van der Waals surface area contributed by atoms with E-state index < -0.39 is 5.91 Å². The molecule has 3 rings (SSSR count). The van der Waals surface area contributed by atoms with Gasteiger partial charge in [0.15, 0.2) is 0 Å². The molecular formula is C18H20N4O3. The average molecular weight is 340 g/mol. The zero-order valence-electron chi connectivity index (χ0n) is 13.9. The molecule has 2 amide bonds. The van der Waals surface area contributed by atoms with Crippen LogP contribution in [0.2, 0.25) is 0 Å². The van der Waals surface area contributed by atoms with Crippen molar-refractivity contribution >= 4 is 33.6 Å². The molecule has 0 saturated heterocycles. The normalized spacial score (nSPS) is 11.0. The molecule has 0 radical (unpaired) electrons. The lowest BCUT2D eigenvalue weighted by Crippen LogP contribution is -2.26. The van der Waals surface area contributed by atoms with Crippen molar-refractivity contribution in [1.29, 1.82) is 0 Å². The summed E-state index contributed by atoms with van der Waals surface area (Å²) in [5.41, 5.74) is 4.69. The molecule has 7 nitrogen and oxygen atoms in total. The first kappa shape index (κ1) is 16.9. The number of aromatic nitrogens is 2. The van der Waals surface area contributed by atoms with Crippen molar-refractivity contribution < 1.29 is 14.8 Å². The summed E-state index contributed by atoms with van der Waals surface area (Å²) in [5.74, 6) is -0.657. The number of hydrogen-bond donors (Lipinski definition) is 4. The third-order valence-electron chi connectivity index (χ3n) is 4.15. The third-order valence-corrected chi connectivity index (χ3v) is 4.15. The Bertz CT molecular complexity index is 933. The lowest BCUT2D eigenvalue weighted by atomic mass is 10.1. The maximum atomic E-state index is 12.3. The number of nitrogens with zero attached hydrogens (tertiary/aromatic N) is 1. The van der Waals surface area contributed by atoms with Crippen LogP contribution < -0.4 is 10.8 Å². The largest absolute Gasteiger partial charge is 0.353 e. The van der Waals surface area contributed by atoms with Crippen LogP contribution in [-0.4, -0.2) is 33.5 Å². The van der Waals surface area contributed by atoms with E-state index in [1.807, 2.05) is 31.2 Å². The fourth-order valence-corrected chi connectivity index (χ4v) is 2.88. The molecule has 0 atom stereocenters. The van der Waals surface area contributed by atoms with E-state index in [0.717, 1.165) is 27.5 Å². The van der Waals surface area contributed by atoms with Gasteiger partial charge in [-0.3, -0.25) is 14.8 Å². The number of pyridine rings is 1. The van der Waals surface area contributed by atoms with Crippen molar-refractivity contribution in [3.8, 4) is 0 Å². The molecule has 1 aromatic carbocycles. The van der Waals surface area contributed by atoms with Crippen LogP contribution in [-0.2, 0) is 4.79 Å². The Kier molecular flexibility index (Phi) is 4.95. The number of fused-ring (bicyclic) bond motifs is 3. The predicted octanol–water partition coefficient (Wildman–Crippen LogP) is 2.43. The van der Waals surface area contributed by atoms with Crippen molar-refractivity contribution in [2.24, 2.45) is 0 Å². The smallest absolute Gasteiger partial charge is 0.269 e. The number of nitrogens with one attached hydrogen (secondary N) is 3. The highest BCUT2D eigenvalue weighted by atomic mass is 16.5. The Morgan fingerprint density at radius 1 is 1.20 bits per heavy atom. The Morgan fingerprint density at radius 2 is 2.00 bits per heavy atom. The van der Waals surface area contributed by atoms with Gasteiger partial charge in [0.2, 0.25) is 5.91 Å². The predicted molar refractivity (Wildman–Crippen MR) is 94.5 cm³/mol. The summed E-state index contributed by atoms with van der Waals surface area (Å²) in [6.45, 7) is 2.33. The molecule has 4 N–H and O–H groups in total. The number of benzene rings is 1. The van der Waals surface area contributed by atoms with E-state index in [0.29, 0.717) is 25.1 Å².